The summed E-state index contributed by atoms with van der Waals surface area (Å²) in [7, 11) is 0. The number of nitrogen functional groups attached to an aromatic ring is 1. The lowest BCUT2D eigenvalue weighted by Crippen LogP contribution is -2.04. The quantitative estimate of drug-likeness (QED) is 0.664. The van der Waals surface area contributed by atoms with Crippen molar-refractivity contribution in [2.45, 2.75) is 6.92 Å². The van der Waals surface area contributed by atoms with Crippen molar-refractivity contribution in [3.63, 3.8) is 0 Å². The van der Waals surface area contributed by atoms with Crippen molar-refractivity contribution in [2.24, 2.45) is 0 Å². The highest BCUT2D eigenvalue weighted by molar-refractivity contribution is 6.30. The number of hydrogen-bond donors (Lipinski definition) is 1. The maximum Gasteiger partial charge on any atom is 0.193 e. The molecule has 0 saturated carbocycles. The minimum absolute atomic E-state index is 0.234. The van der Waals surface area contributed by atoms with E-state index in [1.165, 1.54) is 12.1 Å². The number of carbonyl (C=O) groups excluding carboxylic acids is 1. The van der Waals surface area contributed by atoms with Crippen LogP contribution in [0.15, 0.2) is 36.4 Å². The van der Waals surface area contributed by atoms with Gasteiger partial charge in [-0.25, -0.2) is 4.39 Å². The molecule has 0 radical (unpaired) electrons. The fourth-order valence-electron chi connectivity index (χ4n) is 1.60. The summed E-state index contributed by atoms with van der Waals surface area (Å²) in [5.74, 6) is -0.760. The highest BCUT2D eigenvalue weighted by Gasteiger charge is 2.13. The van der Waals surface area contributed by atoms with Crippen LogP contribution in [0.2, 0.25) is 5.02 Å². The van der Waals surface area contributed by atoms with Gasteiger partial charge in [0.2, 0.25) is 0 Å². The van der Waals surface area contributed by atoms with Crippen LogP contribution >= 0.6 is 11.6 Å². The van der Waals surface area contributed by atoms with E-state index in [-0.39, 0.29) is 17.0 Å². The van der Waals surface area contributed by atoms with Gasteiger partial charge in [-0.05, 0) is 43.3 Å². The third-order valence-corrected chi connectivity index (χ3v) is 3.01. The number of rotatable bonds is 2. The summed E-state index contributed by atoms with van der Waals surface area (Å²) in [5.41, 5.74) is 6.95. The molecule has 0 heterocycles. The molecule has 0 bridgehead atoms. The van der Waals surface area contributed by atoms with E-state index >= 15 is 0 Å². The Balaban J connectivity index is 2.43. The van der Waals surface area contributed by atoms with Crippen molar-refractivity contribution in [1.82, 2.24) is 0 Å². The Kier molecular flexibility index (Phi) is 3.34. The predicted octanol–water partition coefficient (Wildman–Crippen LogP) is 3.60. The predicted molar refractivity (Wildman–Crippen MR) is 70.4 cm³/mol. The van der Waals surface area contributed by atoms with Gasteiger partial charge >= 0.3 is 0 Å². The van der Waals surface area contributed by atoms with Crippen LogP contribution in [-0.2, 0) is 0 Å². The van der Waals surface area contributed by atoms with Gasteiger partial charge in [0.05, 0.1) is 0 Å². The van der Waals surface area contributed by atoms with Gasteiger partial charge in [0.15, 0.2) is 5.78 Å². The second-order valence-electron chi connectivity index (χ2n) is 4.01. The number of anilines is 1. The van der Waals surface area contributed by atoms with Crippen molar-refractivity contribution in [3.05, 3.63) is 63.9 Å². The number of nitrogens with two attached hydrogens (primary N) is 1. The number of benzene rings is 2. The molecule has 0 aliphatic carbocycles. The fourth-order valence-corrected chi connectivity index (χ4v) is 1.73. The zero-order valence-electron chi connectivity index (χ0n) is 9.71. The molecular formula is C14H11ClFNO. The first-order valence-electron chi connectivity index (χ1n) is 5.35. The standard InChI is InChI=1S/C14H11ClFNO/c1-8-12(16)6-10(7-13(8)17)14(18)9-2-4-11(15)5-3-9/h2-7H,17H2,1H3. The van der Waals surface area contributed by atoms with Gasteiger partial charge in [0.25, 0.3) is 0 Å². The van der Waals surface area contributed by atoms with Crippen LogP contribution in [-0.4, -0.2) is 5.78 Å². The summed E-state index contributed by atoms with van der Waals surface area (Å²) >= 11 is 5.74. The molecule has 0 unspecified atom stereocenters. The normalized spacial score (nSPS) is 10.4. The van der Waals surface area contributed by atoms with E-state index in [9.17, 15) is 9.18 Å². The van der Waals surface area contributed by atoms with Gasteiger partial charge in [-0.15, -0.1) is 0 Å². The average molecular weight is 264 g/mol. The molecule has 0 aromatic heterocycles. The zero-order chi connectivity index (χ0) is 13.3. The van der Waals surface area contributed by atoms with Crippen molar-refractivity contribution in [1.29, 1.82) is 0 Å². The molecule has 0 saturated heterocycles. The summed E-state index contributed by atoms with van der Waals surface area (Å²) < 4.78 is 13.5. The van der Waals surface area contributed by atoms with Crippen LogP contribution in [0.1, 0.15) is 21.5 Å². The zero-order valence-corrected chi connectivity index (χ0v) is 10.5. The molecule has 0 aliphatic heterocycles. The monoisotopic (exact) mass is 263 g/mol. The van der Waals surface area contributed by atoms with Gasteiger partial charge in [-0.2, -0.15) is 0 Å². The van der Waals surface area contributed by atoms with Crippen LogP contribution in [0.25, 0.3) is 0 Å². The van der Waals surface area contributed by atoms with E-state index < -0.39 is 5.82 Å². The molecular weight excluding hydrogens is 253 g/mol. The fraction of sp³-hybridized carbons (Fsp3) is 0.0714. The molecule has 0 spiro atoms. The van der Waals surface area contributed by atoms with Crippen molar-refractivity contribution < 1.29 is 9.18 Å². The Morgan fingerprint density at radius 1 is 1.17 bits per heavy atom. The molecule has 2 N–H and O–H groups in total. The lowest BCUT2D eigenvalue weighted by Gasteiger charge is -2.06. The maximum absolute atomic E-state index is 13.5. The first kappa shape index (κ1) is 12.6. The highest BCUT2D eigenvalue weighted by atomic mass is 35.5. The van der Waals surface area contributed by atoms with Crippen molar-refractivity contribution in [2.75, 3.05) is 5.73 Å². The number of carbonyl (C=O) groups is 1. The van der Waals surface area contributed by atoms with Crippen LogP contribution in [0.3, 0.4) is 0 Å². The minimum atomic E-state index is -0.479. The first-order valence-corrected chi connectivity index (χ1v) is 5.72. The number of halogens is 2. The Morgan fingerprint density at radius 3 is 2.33 bits per heavy atom. The minimum Gasteiger partial charge on any atom is -0.398 e. The highest BCUT2D eigenvalue weighted by Crippen LogP contribution is 2.20. The summed E-state index contributed by atoms with van der Waals surface area (Å²) in [4.78, 5) is 12.1. The smallest absolute Gasteiger partial charge is 0.193 e. The van der Waals surface area contributed by atoms with Gasteiger partial charge in [-0.3, -0.25) is 4.79 Å². The Hall–Kier alpha value is -1.87. The number of ketones is 1. The molecule has 18 heavy (non-hydrogen) atoms. The first-order chi connectivity index (χ1) is 8.49. The van der Waals surface area contributed by atoms with Crippen LogP contribution in [0, 0.1) is 12.7 Å². The molecule has 0 atom stereocenters. The second-order valence-corrected chi connectivity index (χ2v) is 4.44. The lowest BCUT2D eigenvalue weighted by atomic mass is 10.0. The van der Waals surface area contributed by atoms with Crippen LogP contribution < -0.4 is 5.73 Å². The second kappa shape index (κ2) is 4.78. The molecule has 2 aromatic carbocycles. The van der Waals surface area contributed by atoms with E-state index in [1.54, 1.807) is 31.2 Å². The van der Waals surface area contributed by atoms with Gasteiger partial charge in [-0.1, -0.05) is 11.6 Å². The molecule has 2 nitrogen and oxygen atoms in total. The topological polar surface area (TPSA) is 43.1 Å². The molecule has 2 aromatic rings. The van der Waals surface area contributed by atoms with E-state index in [2.05, 4.69) is 0 Å². The van der Waals surface area contributed by atoms with Gasteiger partial charge in [0, 0.05) is 27.4 Å². The van der Waals surface area contributed by atoms with Crippen LogP contribution in [0.5, 0.6) is 0 Å². The van der Waals surface area contributed by atoms with Crippen LogP contribution in [0.4, 0.5) is 10.1 Å². The van der Waals surface area contributed by atoms with Gasteiger partial charge in [0.1, 0.15) is 5.82 Å². The summed E-state index contributed by atoms with van der Waals surface area (Å²) in [6.07, 6.45) is 0. The molecule has 4 heteroatoms. The van der Waals surface area contributed by atoms with Gasteiger partial charge < -0.3 is 5.73 Å². The molecule has 0 amide bonds. The van der Waals surface area contributed by atoms with Crippen molar-refractivity contribution in [3.8, 4) is 0 Å². The molecule has 0 fully saturated rings. The average Bonchev–Trinajstić information content (AvgIpc) is 2.35. The molecule has 0 aliphatic rings. The third kappa shape index (κ3) is 2.36. The Morgan fingerprint density at radius 2 is 1.78 bits per heavy atom. The summed E-state index contributed by atoms with van der Waals surface area (Å²) in [6, 6.07) is 9.10. The van der Waals surface area contributed by atoms with E-state index in [4.69, 9.17) is 17.3 Å². The summed E-state index contributed by atoms with van der Waals surface area (Å²) in [5, 5.41) is 0.543. The molecule has 92 valence electrons. The SMILES string of the molecule is Cc1c(N)cc(C(=O)c2ccc(Cl)cc2)cc1F. The maximum atomic E-state index is 13.5. The largest absolute Gasteiger partial charge is 0.398 e. The number of hydrogen-bond acceptors (Lipinski definition) is 2. The Labute approximate surface area is 109 Å². The summed E-state index contributed by atoms with van der Waals surface area (Å²) in [6.45, 7) is 1.57. The van der Waals surface area contributed by atoms with E-state index in [0.717, 1.165) is 0 Å². The third-order valence-electron chi connectivity index (χ3n) is 2.75. The Bertz CT molecular complexity index is 585. The lowest BCUT2D eigenvalue weighted by molar-refractivity contribution is 0.103. The van der Waals surface area contributed by atoms with Crippen molar-refractivity contribution >= 4 is 23.1 Å². The molecule has 2 rings (SSSR count). The van der Waals surface area contributed by atoms with E-state index in [1.807, 2.05) is 0 Å². The van der Waals surface area contributed by atoms with E-state index in [0.29, 0.717) is 16.1 Å².